The van der Waals surface area contributed by atoms with Crippen LogP contribution in [0.15, 0.2) is 16.9 Å². The fourth-order valence-electron chi connectivity index (χ4n) is 5.93. The third-order valence-corrected chi connectivity index (χ3v) is 7.90. The van der Waals surface area contributed by atoms with Gasteiger partial charge in [0.2, 0.25) is 17.6 Å². The number of Topliss-reactive ketones (excluding diaryl/α,β-unsaturated/α-hetero) is 2. The van der Waals surface area contributed by atoms with E-state index in [-0.39, 0.29) is 30.2 Å². The molecule has 40 heavy (non-hydrogen) atoms. The van der Waals surface area contributed by atoms with Crippen LogP contribution in [-0.2, 0) is 25.6 Å². The first-order valence-corrected chi connectivity index (χ1v) is 12.8. The Morgan fingerprint density at radius 2 is 1.82 bits per heavy atom. The van der Waals surface area contributed by atoms with Gasteiger partial charge in [-0.05, 0) is 44.7 Å². The molecule has 0 radical (unpaired) electrons. The van der Waals surface area contributed by atoms with Crippen molar-refractivity contribution in [2.75, 3.05) is 19.4 Å². The average molecular weight is 561 g/mol. The van der Waals surface area contributed by atoms with Crippen LogP contribution in [0.4, 0.5) is 10.2 Å². The van der Waals surface area contributed by atoms with Crippen LogP contribution in [0.2, 0.25) is 0 Å². The zero-order valence-corrected chi connectivity index (χ0v) is 22.8. The lowest BCUT2D eigenvalue weighted by atomic mass is 9.57. The van der Waals surface area contributed by atoms with Gasteiger partial charge in [-0.25, -0.2) is 0 Å². The highest BCUT2D eigenvalue weighted by Crippen LogP contribution is 2.53. The maximum Gasteiger partial charge on any atom is 0.255 e. The summed E-state index contributed by atoms with van der Waals surface area (Å²) in [6, 6.07) is -1.25. The van der Waals surface area contributed by atoms with Crippen molar-refractivity contribution >= 4 is 35.0 Å². The van der Waals surface area contributed by atoms with Gasteiger partial charge in [0.05, 0.1) is 11.6 Å². The molecule has 1 saturated carbocycles. The number of nitrogens with zero attached hydrogens (tertiary/aromatic N) is 2. The van der Waals surface area contributed by atoms with Crippen LogP contribution < -0.4 is 11.1 Å². The minimum Gasteiger partial charge on any atom is -0.508 e. The molecular formula is C27H33FN4O8. The summed E-state index contributed by atoms with van der Waals surface area (Å²) in [5.74, 6) is -10.8. The lowest BCUT2D eigenvalue weighted by Crippen LogP contribution is -2.65. The molecular weight excluding hydrogens is 527 g/mol. The minimum atomic E-state index is -2.81. The quantitative estimate of drug-likeness (QED) is 0.225. The van der Waals surface area contributed by atoms with Crippen molar-refractivity contribution in [3.8, 4) is 5.75 Å². The van der Waals surface area contributed by atoms with Gasteiger partial charge in [0.1, 0.15) is 17.1 Å². The number of aromatic nitrogens is 1. The highest BCUT2D eigenvalue weighted by atomic mass is 19.1. The fraction of sp³-hybridized carbons (Fsp3) is 0.519. The van der Waals surface area contributed by atoms with Crippen molar-refractivity contribution in [1.82, 2.24) is 9.88 Å². The Morgan fingerprint density at radius 3 is 2.38 bits per heavy atom. The number of rotatable bonds is 5. The molecule has 0 aromatic carbocycles. The summed E-state index contributed by atoms with van der Waals surface area (Å²) in [6.07, 6.45) is 0.0976. The number of anilines is 1. The number of nitrogens with two attached hydrogens (primary N) is 1. The first-order chi connectivity index (χ1) is 18.4. The summed E-state index contributed by atoms with van der Waals surface area (Å²) in [6.45, 7) is 5.78. The summed E-state index contributed by atoms with van der Waals surface area (Å²) in [4.78, 5) is 56.4. The molecule has 2 amide bonds. The zero-order valence-electron chi connectivity index (χ0n) is 22.8. The second kappa shape index (κ2) is 9.66. The Balaban J connectivity index is 1.84. The number of primary amides is 1. The number of fused-ring (bicyclic) bond motifs is 3. The monoisotopic (exact) mass is 560 g/mol. The van der Waals surface area contributed by atoms with Crippen LogP contribution in [0.3, 0.4) is 0 Å². The largest absolute Gasteiger partial charge is 0.508 e. The van der Waals surface area contributed by atoms with Crippen molar-refractivity contribution in [2.24, 2.45) is 23.0 Å². The van der Waals surface area contributed by atoms with E-state index < -0.39 is 92.6 Å². The van der Waals surface area contributed by atoms with Gasteiger partial charge in [0.25, 0.3) is 5.91 Å². The molecule has 4 atom stereocenters. The zero-order chi connectivity index (χ0) is 30.1. The van der Waals surface area contributed by atoms with E-state index in [1.807, 2.05) is 20.8 Å². The SMILES string of the molecule is CN(C)[C@@H]1C(=O)C(C(N)=O)=C(O)[C@@]2(O)C(=O)C3=C(O)c4c(O)c(NC(=O)CCC(C)(C)C)nc(F)c4C[C@H]3C[C@@H]12. The second-order valence-electron chi connectivity index (χ2n) is 12.0. The van der Waals surface area contributed by atoms with Gasteiger partial charge in [-0.3, -0.25) is 24.1 Å². The fourth-order valence-corrected chi connectivity index (χ4v) is 5.93. The normalized spacial score (nSPS) is 26.4. The van der Waals surface area contributed by atoms with Gasteiger partial charge in [-0.1, -0.05) is 20.8 Å². The van der Waals surface area contributed by atoms with Crippen LogP contribution in [0.5, 0.6) is 5.75 Å². The summed E-state index contributed by atoms with van der Waals surface area (Å²) in [5, 5.41) is 46.9. The third kappa shape index (κ3) is 4.42. The van der Waals surface area contributed by atoms with Crippen LogP contribution in [0.1, 0.15) is 51.2 Å². The van der Waals surface area contributed by atoms with E-state index in [1.165, 1.54) is 19.0 Å². The van der Waals surface area contributed by atoms with E-state index in [9.17, 15) is 39.6 Å². The smallest absolute Gasteiger partial charge is 0.255 e. The number of ketones is 2. The third-order valence-electron chi connectivity index (χ3n) is 7.90. The van der Waals surface area contributed by atoms with Gasteiger partial charge >= 0.3 is 0 Å². The molecule has 7 N–H and O–H groups in total. The number of nitrogens with one attached hydrogen (secondary N) is 1. The maximum atomic E-state index is 15.2. The minimum absolute atomic E-state index is 0.0466. The number of aliphatic hydroxyl groups is 3. The molecule has 3 aliphatic rings. The second-order valence-corrected chi connectivity index (χ2v) is 12.0. The van der Waals surface area contributed by atoms with Crippen LogP contribution in [0.25, 0.3) is 5.76 Å². The summed E-state index contributed by atoms with van der Waals surface area (Å²) >= 11 is 0. The summed E-state index contributed by atoms with van der Waals surface area (Å²) in [7, 11) is 2.96. The standard InChI is InChI=1S/C27H33FN4O8/c1-26(2,3)7-6-13(33)30-25-20(36)15-11(23(28)31-25)8-10-9-12-17(32(4)5)19(35)16(24(29)39)22(38)27(12,40)21(37)14(10)18(15)34/h10,12,17,34,36,38,40H,6-9H2,1-5H3,(H2,29,39)(H,30,31,33)/t10-,12-,17-,27-/m0/s1. The van der Waals surface area contributed by atoms with E-state index in [2.05, 4.69) is 10.3 Å². The van der Waals surface area contributed by atoms with Crippen LogP contribution >= 0.6 is 0 Å². The Labute approximate surface area is 229 Å². The van der Waals surface area contributed by atoms with Crippen molar-refractivity contribution in [3.05, 3.63) is 34.0 Å². The highest BCUT2D eigenvalue weighted by Gasteiger charge is 2.64. The Bertz CT molecular complexity index is 1410. The van der Waals surface area contributed by atoms with Gasteiger partial charge in [-0.2, -0.15) is 9.37 Å². The predicted octanol–water partition coefficient (Wildman–Crippen LogP) is 1.26. The highest BCUT2D eigenvalue weighted by molar-refractivity contribution is 6.24. The number of hydrogen-bond donors (Lipinski definition) is 6. The first kappa shape index (κ1) is 29.2. The molecule has 0 spiro atoms. The van der Waals surface area contributed by atoms with Crippen LogP contribution in [0, 0.1) is 23.2 Å². The van der Waals surface area contributed by atoms with Crippen molar-refractivity contribution < 1.29 is 44.0 Å². The number of aromatic hydroxyl groups is 1. The molecule has 216 valence electrons. The molecule has 0 unspecified atom stereocenters. The van der Waals surface area contributed by atoms with Crippen molar-refractivity contribution in [1.29, 1.82) is 0 Å². The molecule has 1 aromatic rings. The molecule has 3 aliphatic carbocycles. The van der Waals surface area contributed by atoms with Gasteiger partial charge in [0.15, 0.2) is 23.0 Å². The topological polar surface area (TPSA) is 203 Å². The molecule has 0 saturated heterocycles. The number of amides is 2. The van der Waals surface area contributed by atoms with Gasteiger partial charge < -0.3 is 31.5 Å². The maximum absolute atomic E-state index is 15.2. The molecule has 1 aromatic heterocycles. The van der Waals surface area contributed by atoms with Crippen molar-refractivity contribution in [2.45, 2.75) is 58.1 Å². The number of carbonyl (C=O) groups is 4. The Hall–Kier alpha value is -3.84. The lowest BCUT2D eigenvalue weighted by Gasteiger charge is -2.50. The molecule has 0 bridgehead atoms. The van der Waals surface area contributed by atoms with Crippen molar-refractivity contribution in [3.63, 3.8) is 0 Å². The number of likely N-dealkylation sites (N-methyl/N-ethyl adjacent to an activating group) is 1. The molecule has 1 fully saturated rings. The Morgan fingerprint density at radius 1 is 1.20 bits per heavy atom. The summed E-state index contributed by atoms with van der Waals surface area (Å²) < 4.78 is 15.2. The van der Waals surface area contributed by atoms with E-state index in [1.54, 1.807) is 0 Å². The van der Waals surface area contributed by atoms with E-state index in [4.69, 9.17) is 5.73 Å². The van der Waals surface area contributed by atoms with E-state index >= 15 is 4.39 Å². The predicted molar refractivity (Wildman–Crippen MR) is 139 cm³/mol. The van der Waals surface area contributed by atoms with Gasteiger partial charge in [-0.15, -0.1) is 0 Å². The number of aliphatic hydroxyl groups excluding tert-OH is 2. The number of halogens is 1. The van der Waals surface area contributed by atoms with E-state index in [0.29, 0.717) is 6.42 Å². The number of carbonyl (C=O) groups excluding carboxylic acids is 4. The first-order valence-electron chi connectivity index (χ1n) is 12.8. The Kier molecular flexibility index (Phi) is 7.04. The molecule has 0 aliphatic heterocycles. The van der Waals surface area contributed by atoms with E-state index in [0.717, 1.165) is 0 Å². The van der Waals surface area contributed by atoms with Crippen LogP contribution in [-0.4, -0.2) is 79.4 Å². The molecule has 12 nitrogen and oxygen atoms in total. The molecule has 13 heteroatoms. The van der Waals surface area contributed by atoms with Gasteiger partial charge in [0, 0.05) is 23.5 Å². The number of hydrogen-bond acceptors (Lipinski definition) is 10. The molecule has 1 heterocycles. The number of pyridine rings is 1. The molecule has 4 rings (SSSR count). The average Bonchev–Trinajstić information content (AvgIpc) is 2.82. The summed E-state index contributed by atoms with van der Waals surface area (Å²) in [5.41, 5.74) is 0.240. The lowest BCUT2D eigenvalue weighted by molar-refractivity contribution is -0.153.